The minimum absolute atomic E-state index is 0.778. The van der Waals surface area contributed by atoms with Gasteiger partial charge in [0.25, 0.3) is 0 Å². The summed E-state index contributed by atoms with van der Waals surface area (Å²) < 4.78 is 0. The van der Waals surface area contributed by atoms with Crippen molar-refractivity contribution in [3.63, 3.8) is 0 Å². The van der Waals surface area contributed by atoms with Crippen LogP contribution in [0.2, 0.25) is 0 Å². The van der Waals surface area contributed by atoms with Gasteiger partial charge in [-0.3, -0.25) is 10.1 Å². The molecule has 3 aromatic heterocycles. The lowest BCUT2D eigenvalue weighted by atomic mass is 10.3. The maximum atomic E-state index is 4.59. The van der Waals surface area contributed by atoms with Crippen LogP contribution in [-0.4, -0.2) is 31.7 Å². The third kappa shape index (κ3) is 3.93. The molecular weight excluding hydrogens is 284 g/mol. The van der Waals surface area contributed by atoms with Gasteiger partial charge < -0.3 is 5.32 Å². The fourth-order valence-corrected chi connectivity index (χ4v) is 2.74. The van der Waals surface area contributed by atoms with Crippen molar-refractivity contribution in [3.05, 3.63) is 47.6 Å². The summed E-state index contributed by atoms with van der Waals surface area (Å²) in [5, 5.41) is 13.1. The van der Waals surface area contributed by atoms with E-state index in [9.17, 15) is 0 Å². The number of nitrogens with one attached hydrogen (secondary N) is 2. The van der Waals surface area contributed by atoms with Gasteiger partial charge >= 0.3 is 0 Å². The van der Waals surface area contributed by atoms with Crippen molar-refractivity contribution in [2.75, 3.05) is 6.54 Å². The van der Waals surface area contributed by atoms with Crippen LogP contribution in [-0.2, 0) is 13.0 Å². The number of rotatable bonds is 7. The summed E-state index contributed by atoms with van der Waals surface area (Å²) in [7, 11) is 0. The van der Waals surface area contributed by atoms with Crippen LogP contribution in [0.25, 0.3) is 10.7 Å². The summed E-state index contributed by atoms with van der Waals surface area (Å²) in [5.74, 6) is 0.933. The highest BCUT2D eigenvalue weighted by atomic mass is 32.1. The van der Waals surface area contributed by atoms with E-state index in [1.807, 2.05) is 18.2 Å². The Kier molecular flexibility index (Phi) is 4.65. The lowest BCUT2D eigenvalue weighted by Crippen LogP contribution is -2.15. The van der Waals surface area contributed by atoms with Crippen molar-refractivity contribution in [2.24, 2.45) is 0 Å². The zero-order valence-electron chi connectivity index (χ0n) is 11.5. The molecule has 0 atom stereocenters. The van der Waals surface area contributed by atoms with Gasteiger partial charge in [0.2, 0.25) is 0 Å². The first-order valence-electron chi connectivity index (χ1n) is 6.82. The molecule has 0 saturated carbocycles. The Bertz CT molecular complexity index is 649. The molecule has 0 spiro atoms. The van der Waals surface area contributed by atoms with E-state index < -0.39 is 0 Å². The molecule has 0 saturated heterocycles. The van der Waals surface area contributed by atoms with Crippen molar-refractivity contribution < 1.29 is 0 Å². The van der Waals surface area contributed by atoms with Gasteiger partial charge in [0.15, 0.2) is 0 Å². The molecule has 7 heteroatoms. The molecule has 3 aromatic rings. The number of aryl methyl sites for hydroxylation is 1. The Morgan fingerprint density at radius 3 is 3.05 bits per heavy atom. The number of nitrogens with zero attached hydrogens (tertiary/aromatic N) is 4. The van der Waals surface area contributed by atoms with Crippen LogP contribution in [0, 0.1) is 0 Å². The van der Waals surface area contributed by atoms with E-state index in [-0.39, 0.29) is 0 Å². The first kappa shape index (κ1) is 13.8. The van der Waals surface area contributed by atoms with Gasteiger partial charge in [0.1, 0.15) is 17.2 Å². The van der Waals surface area contributed by atoms with Crippen LogP contribution in [0.5, 0.6) is 0 Å². The van der Waals surface area contributed by atoms with Gasteiger partial charge in [0.05, 0.1) is 11.4 Å². The standard InChI is InChI=1S/C14H16N6S/c1-2-7-16-12(4-1)14-19-11(9-21-14)8-15-6-3-5-13-17-10-18-20-13/h1-2,4,7,9-10,15H,3,5-6,8H2,(H,17,18,20). The SMILES string of the molecule is c1ccc(-c2nc(CNCCCc3ncn[nH]3)cs2)nc1. The van der Waals surface area contributed by atoms with Gasteiger partial charge in [-0.05, 0) is 25.1 Å². The van der Waals surface area contributed by atoms with Gasteiger partial charge in [-0.25, -0.2) is 9.97 Å². The predicted octanol–water partition coefficient (Wildman–Crippen LogP) is 2.05. The van der Waals surface area contributed by atoms with Crippen molar-refractivity contribution >= 4 is 11.3 Å². The van der Waals surface area contributed by atoms with Crippen LogP contribution in [0.1, 0.15) is 17.9 Å². The third-order valence-corrected chi connectivity index (χ3v) is 3.89. The second-order valence-electron chi connectivity index (χ2n) is 4.57. The second-order valence-corrected chi connectivity index (χ2v) is 5.43. The summed E-state index contributed by atoms with van der Waals surface area (Å²) in [6.45, 7) is 1.71. The highest BCUT2D eigenvalue weighted by Crippen LogP contribution is 2.21. The summed E-state index contributed by atoms with van der Waals surface area (Å²) >= 11 is 1.63. The van der Waals surface area contributed by atoms with Crippen LogP contribution >= 0.6 is 11.3 Å². The Balaban J connectivity index is 1.43. The Hall–Kier alpha value is -2.12. The molecule has 0 radical (unpaired) electrons. The van der Waals surface area contributed by atoms with E-state index in [0.29, 0.717) is 0 Å². The normalized spacial score (nSPS) is 10.9. The molecule has 3 heterocycles. The number of pyridine rings is 1. The van der Waals surface area contributed by atoms with Gasteiger partial charge in [-0.1, -0.05) is 6.07 Å². The fraction of sp³-hybridized carbons (Fsp3) is 0.286. The van der Waals surface area contributed by atoms with Crippen molar-refractivity contribution in [1.29, 1.82) is 0 Å². The molecule has 2 N–H and O–H groups in total. The molecule has 0 aliphatic carbocycles. The van der Waals surface area contributed by atoms with E-state index in [4.69, 9.17) is 0 Å². The number of hydrogen-bond donors (Lipinski definition) is 2. The molecule has 0 fully saturated rings. The Morgan fingerprint density at radius 2 is 2.24 bits per heavy atom. The number of hydrogen-bond acceptors (Lipinski definition) is 6. The fourth-order valence-electron chi connectivity index (χ4n) is 1.94. The lowest BCUT2D eigenvalue weighted by Gasteiger charge is -2.01. The monoisotopic (exact) mass is 300 g/mol. The van der Waals surface area contributed by atoms with Crippen LogP contribution in [0.4, 0.5) is 0 Å². The molecule has 0 aromatic carbocycles. The number of aromatic amines is 1. The van der Waals surface area contributed by atoms with E-state index >= 15 is 0 Å². The van der Waals surface area contributed by atoms with Gasteiger partial charge in [0, 0.05) is 24.5 Å². The Labute approximate surface area is 126 Å². The van der Waals surface area contributed by atoms with E-state index in [2.05, 4.69) is 35.8 Å². The Morgan fingerprint density at radius 1 is 1.24 bits per heavy atom. The molecule has 21 heavy (non-hydrogen) atoms. The maximum absolute atomic E-state index is 4.59. The summed E-state index contributed by atoms with van der Waals surface area (Å²) in [5.41, 5.74) is 1.99. The van der Waals surface area contributed by atoms with Crippen LogP contribution < -0.4 is 5.32 Å². The minimum Gasteiger partial charge on any atom is -0.311 e. The average molecular weight is 300 g/mol. The highest BCUT2D eigenvalue weighted by Gasteiger charge is 2.05. The van der Waals surface area contributed by atoms with Gasteiger partial charge in [-0.15, -0.1) is 11.3 Å². The van der Waals surface area contributed by atoms with Gasteiger partial charge in [-0.2, -0.15) is 5.10 Å². The molecule has 0 aliphatic heterocycles. The number of H-pyrrole nitrogens is 1. The molecular formula is C14H16N6S. The number of thiazole rings is 1. The highest BCUT2D eigenvalue weighted by molar-refractivity contribution is 7.13. The summed E-state index contributed by atoms with van der Waals surface area (Å²) in [4.78, 5) is 13.0. The summed E-state index contributed by atoms with van der Waals surface area (Å²) in [6.07, 6.45) is 5.25. The van der Waals surface area contributed by atoms with Crippen molar-refractivity contribution in [2.45, 2.75) is 19.4 Å². The second kappa shape index (κ2) is 7.05. The topological polar surface area (TPSA) is 79.4 Å². The van der Waals surface area contributed by atoms with E-state index in [0.717, 1.165) is 48.2 Å². The van der Waals surface area contributed by atoms with Crippen molar-refractivity contribution in [1.82, 2.24) is 30.5 Å². The molecule has 3 rings (SSSR count). The van der Waals surface area contributed by atoms with Crippen LogP contribution in [0.15, 0.2) is 36.1 Å². The molecule has 0 unspecified atom stereocenters. The third-order valence-electron chi connectivity index (χ3n) is 2.97. The predicted molar refractivity (Wildman–Crippen MR) is 81.8 cm³/mol. The zero-order chi connectivity index (χ0) is 14.3. The van der Waals surface area contributed by atoms with E-state index in [1.165, 1.54) is 6.33 Å². The average Bonchev–Trinajstić information content (AvgIpc) is 3.19. The minimum atomic E-state index is 0.778. The quantitative estimate of drug-likeness (QED) is 0.653. The smallest absolute Gasteiger partial charge is 0.142 e. The first-order valence-corrected chi connectivity index (χ1v) is 7.70. The van der Waals surface area contributed by atoms with Crippen LogP contribution in [0.3, 0.4) is 0 Å². The maximum Gasteiger partial charge on any atom is 0.142 e. The lowest BCUT2D eigenvalue weighted by molar-refractivity contribution is 0.633. The molecule has 108 valence electrons. The number of aromatic nitrogens is 5. The molecule has 0 bridgehead atoms. The molecule has 0 amide bonds. The van der Waals surface area contributed by atoms with E-state index in [1.54, 1.807) is 17.5 Å². The zero-order valence-corrected chi connectivity index (χ0v) is 12.3. The largest absolute Gasteiger partial charge is 0.311 e. The molecule has 0 aliphatic rings. The molecule has 6 nitrogen and oxygen atoms in total. The summed E-state index contributed by atoms with van der Waals surface area (Å²) in [6, 6.07) is 5.87. The first-order chi connectivity index (χ1) is 10.4. The van der Waals surface area contributed by atoms with Crippen molar-refractivity contribution in [3.8, 4) is 10.7 Å².